The third-order valence-electron chi connectivity index (χ3n) is 2.05. The Morgan fingerprint density at radius 1 is 1.06 bits per heavy atom. The molecule has 0 saturated carbocycles. The fraction of sp³-hybridized carbons (Fsp3) is 0.400. The number of alkyl halides is 2. The molecule has 1 N–H and O–H groups in total. The minimum atomic E-state index is -2.90. The Balaban J connectivity index is 3.13. The average Bonchev–Trinajstić information content (AvgIpc) is 2.20. The van der Waals surface area contributed by atoms with Crippen molar-refractivity contribution in [2.45, 2.75) is 19.4 Å². The van der Waals surface area contributed by atoms with E-state index in [-0.39, 0.29) is 12.6 Å². The quantitative estimate of drug-likeness (QED) is 0.629. The Bertz CT molecular complexity index is 366. The van der Waals surface area contributed by atoms with Gasteiger partial charge in [0.15, 0.2) is 11.6 Å². The van der Waals surface area contributed by atoms with Gasteiger partial charge in [-0.3, -0.25) is 0 Å². The van der Waals surface area contributed by atoms with Gasteiger partial charge in [-0.2, -0.15) is 0 Å². The fourth-order valence-corrected chi connectivity index (χ4v) is 1.33. The normalized spacial score (nSPS) is 13.2. The molecule has 0 fully saturated rings. The molecular weight excluding hydrogens is 229 g/mol. The molecule has 0 aliphatic rings. The smallest absolute Gasteiger partial charge is 0.257 e. The van der Waals surface area contributed by atoms with E-state index in [2.05, 4.69) is 5.32 Å². The van der Waals surface area contributed by atoms with Crippen molar-refractivity contribution in [1.82, 2.24) is 5.32 Å². The second-order valence-corrected chi connectivity index (χ2v) is 3.16. The highest BCUT2D eigenvalue weighted by molar-refractivity contribution is 5.24. The lowest BCUT2D eigenvalue weighted by Gasteiger charge is -2.18. The molecule has 90 valence electrons. The van der Waals surface area contributed by atoms with Crippen molar-refractivity contribution >= 4 is 0 Å². The van der Waals surface area contributed by atoms with E-state index in [1.165, 1.54) is 0 Å². The fourth-order valence-electron chi connectivity index (χ4n) is 1.33. The Kier molecular flexibility index (Phi) is 4.23. The van der Waals surface area contributed by atoms with Crippen LogP contribution in [0.2, 0.25) is 0 Å². The Hall–Kier alpha value is -1.17. The number of rotatable bonds is 4. The van der Waals surface area contributed by atoms with Crippen LogP contribution in [0.15, 0.2) is 12.1 Å². The monoisotopic (exact) mass is 239 g/mol. The zero-order valence-electron chi connectivity index (χ0n) is 8.41. The molecule has 0 spiro atoms. The van der Waals surface area contributed by atoms with E-state index < -0.39 is 35.5 Å². The van der Waals surface area contributed by atoms with Crippen LogP contribution in [0.4, 0.5) is 22.0 Å². The van der Waals surface area contributed by atoms with Crippen molar-refractivity contribution in [3.8, 4) is 0 Å². The molecular formula is C10H10F5N. The summed E-state index contributed by atoms with van der Waals surface area (Å²) in [5, 5.41) is 2.31. The van der Waals surface area contributed by atoms with Gasteiger partial charge in [0, 0.05) is 11.6 Å². The van der Waals surface area contributed by atoms with Crippen molar-refractivity contribution in [2.75, 3.05) is 6.54 Å². The van der Waals surface area contributed by atoms with Gasteiger partial charge < -0.3 is 5.32 Å². The standard InChI is InChI=1S/C10H10F5N/c1-2-16-9(10(14)15)5-3-7(12)8(13)4-6(5)11/h3-4,9-10,16H,2H2,1H3. The summed E-state index contributed by atoms with van der Waals surface area (Å²) < 4.78 is 63.7. The van der Waals surface area contributed by atoms with Crippen molar-refractivity contribution < 1.29 is 22.0 Å². The van der Waals surface area contributed by atoms with Crippen molar-refractivity contribution in [2.24, 2.45) is 0 Å². The van der Waals surface area contributed by atoms with Gasteiger partial charge in [-0.25, -0.2) is 22.0 Å². The van der Waals surface area contributed by atoms with Gasteiger partial charge >= 0.3 is 0 Å². The van der Waals surface area contributed by atoms with Crippen LogP contribution >= 0.6 is 0 Å². The predicted octanol–water partition coefficient (Wildman–Crippen LogP) is 3.02. The predicted molar refractivity (Wildman–Crippen MR) is 48.7 cm³/mol. The average molecular weight is 239 g/mol. The number of halogens is 5. The molecule has 1 unspecified atom stereocenters. The zero-order chi connectivity index (χ0) is 12.3. The van der Waals surface area contributed by atoms with Crippen LogP contribution in [-0.4, -0.2) is 13.0 Å². The SMILES string of the molecule is CCNC(c1cc(F)c(F)cc1F)C(F)F. The van der Waals surface area contributed by atoms with E-state index in [4.69, 9.17) is 0 Å². The van der Waals surface area contributed by atoms with Crippen molar-refractivity contribution in [1.29, 1.82) is 0 Å². The second-order valence-electron chi connectivity index (χ2n) is 3.16. The van der Waals surface area contributed by atoms with E-state index in [1.807, 2.05) is 0 Å². The number of nitrogens with one attached hydrogen (secondary N) is 1. The molecule has 6 heteroatoms. The minimum Gasteiger partial charge on any atom is -0.305 e. The molecule has 0 aliphatic heterocycles. The van der Waals surface area contributed by atoms with Crippen LogP contribution in [0.25, 0.3) is 0 Å². The highest BCUT2D eigenvalue weighted by Gasteiger charge is 2.25. The molecule has 0 saturated heterocycles. The first-order chi connectivity index (χ1) is 7.47. The first-order valence-corrected chi connectivity index (χ1v) is 4.63. The summed E-state index contributed by atoms with van der Waals surface area (Å²) >= 11 is 0. The van der Waals surface area contributed by atoms with Gasteiger partial charge in [-0.1, -0.05) is 6.92 Å². The second kappa shape index (κ2) is 5.25. The van der Waals surface area contributed by atoms with Gasteiger partial charge in [0.1, 0.15) is 5.82 Å². The van der Waals surface area contributed by atoms with E-state index in [9.17, 15) is 22.0 Å². The first kappa shape index (κ1) is 12.9. The third-order valence-corrected chi connectivity index (χ3v) is 2.05. The molecule has 1 rings (SSSR count). The summed E-state index contributed by atoms with van der Waals surface area (Å²) in [5.41, 5.74) is -0.573. The molecule has 0 heterocycles. The number of hydrogen-bond donors (Lipinski definition) is 1. The maximum Gasteiger partial charge on any atom is 0.257 e. The van der Waals surface area contributed by atoms with Crippen molar-refractivity contribution in [3.63, 3.8) is 0 Å². The Labute approximate surface area is 89.3 Å². The maximum atomic E-state index is 13.2. The van der Waals surface area contributed by atoms with E-state index in [1.54, 1.807) is 6.92 Å². The lowest BCUT2D eigenvalue weighted by atomic mass is 10.1. The van der Waals surface area contributed by atoms with Gasteiger partial charge in [-0.15, -0.1) is 0 Å². The molecule has 0 bridgehead atoms. The molecule has 1 aromatic rings. The highest BCUT2D eigenvalue weighted by atomic mass is 19.3. The van der Waals surface area contributed by atoms with Crippen LogP contribution < -0.4 is 5.32 Å². The topological polar surface area (TPSA) is 12.0 Å². The Morgan fingerprint density at radius 3 is 2.12 bits per heavy atom. The zero-order valence-corrected chi connectivity index (χ0v) is 8.41. The summed E-state index contributed by atoms with van der Waals surface area (Å²) in [6.45, 7) is 1.71. The third kappa shape index (κ3) is 2.69. The summed E-state index contributed by atoms with van der Waals surface area (Å²) in [6, 6.07) is -0.929. The maximum absolute atomic E-state index is 13.2. The van der Waals surface area contributed by atoms with Crippen LogP contribution in [0.3, 0.4) is 0 Å². The van der Waals surface area contributed by atoms with Gasteiger partial charge in [0.25, 0.3) is 6.43 Å². The van der Waals surface area contributed by atoms with E-state index >= 15 is 0 Å². The largest absolute Gasteiger partial charge is 0.305 e. The van der Waals surface area contributed by atoms with Crippen LogP contribution in [0.1, 0.15) is 18.5 Å². The van der Waals surface area contributed by atoms with Crippen LogP contribution in [0, 0.1) is 17.5 Å². The summed E-state index contributed by atoms with van der Waals surface area (Å²) in [6.07, 6.45) is -2.90. The first-order valence-electron chi connectivity index (χ1n) is 4.63. The highest BCUT2D eigenvalue weighted by Crippen LogP contribution is 2.25. The number of benzene rings is 1. The van der Waals surface area contributed by atoms with Crippen LogP contribution in [0.5, 0.6) is 0 Å². The molecule has 0 aromatic heterocycles. The molecule has 16 heavy (non-hydrogen) atoms. The Morgan fingerprint density at radius 2 is 1.62 bits per heavy atom. The van der Waals surface area contributed by atoms with Gasteiger partial charge in [0.2, 0.25) is 0 Å². The lowest BCUT2D eigenvalue weighted by Crippen LogP contribution is -2.28. The van der Waals surface area contributed by atoms with Gasteiger partial charge in [-0.05, 0) is 12.6 Å². The summed E-state index contributed by atoms with van der Waals surface area (Å²) in [7, 11) is 0. The summed E-state index contributed by atoms with van der Waals surface area (Å²) in [4.78, 5) is 0. The van der Waals surface area contributed by atoms with Crippen molar-refractivity contribution in [3.05, 3.63) is 35.1 Å². The minimum absolute atomic E-state index is 0.160. The molecule has 1 aromatic carbocycles. The number of hydrogen-bond acceptors (Lipinski definition) is 1. The van der Waals surface area contributed by atoms with E-state index in [0.717, 1.165) is 0 Å². The van der Waals surface area contributed by atoms with Gasteiger partial charge in [0.05, 0.1) is 6.04 Å². The summed E-state index contributed by atoms with van der Waals surface area (Å²) in [5.74, 6) is -3.93. The molecule has 0 amide bonds. The van der Waals surface area contributed by atoms with E-state index in [0.29, 0.717) is 6.07 Å². The molecule has 0 radical (unpaired) electrons. The molecule has 0 aliphatic carbocycles. The molecule has 1 nitrogen and oxygen atoms in total. The van der Waals surface area contributed by atoms with Crippen LogP contribution in [-0.2, 0) is 0 Å². The molecule has 1 atom stereocenters. The lowest BCUT2D eigenvalue weighted by molar-refractivity contribution is 0.0973.